The van der Waals surface area contributed by atoms with Gasteiger partial charge in [-0.25, -0.2) is 9.97 Å². The maximum absolute atomic E-state index is 5.27. The zero-order valence-corrected chi connectivity index (χ0v) is 20.1. The minimum atomic E-state index is 0. The molecule has 1 fully saturated rings. The molecule has 0 amide bonds. The van der Waals surface area contributed by atoms with Crippen LogP contribution in [0.3, 0.4) is 0 Å². The number of piperazine rings is 1. The van der Waals surface area contributed by atoms with Crippen LogP contribution in [-0.2, 0) is 6.54 Å². The Morgan fingerprint density at radius 1 is 1.10 bits per heavy atom. The van der Waals surface area contributed by atoms with E-state index in [1.807, 2.05) is 24.3 Å². The van der Waals surface area contributed by atoms with Gasteiger partial charge in [0.15, 0.2) is 5.96 Å². The lowest BCUT2D eigenvalue weighted by Crippen LogP contribution is -2.47. The van der Waals surface area contributed by atoms with Gasteiger partial charge in [-0.1, -0.05) is 12.1 Å². The molecule has 0 radical (unpaired) electrons. The van der Waals surface area contributed by atoms with Crippen molar-refractivity contribution >= 4 is 35.9 Å². The van der Waals surface area contributed by atoms with Gasteiger partial charge < -0.3 is 20.3 Å². The monoisotopic (exact) mass is 525 g/mol. The van der Waals surface area contributed by atoms with Crippen LogP contribution in [0.1, 0.15) is 12.0 Å². The van der Waals surface area contributed by atoms with Crippen molar-refractivity contribution in [1.82, 2.24) is 25.5 Å². The molecule has 2 heterocycles. The fraction of sp³-hybridized carbons (Fsp3) is 0.476. The van der Waals surface area contributed by atoms with E-state index in [0.29, 0.717) is 6.54 Å². The number of aromatic nitrogens is 2. The third kappa shape index (κ3) is 7.60. The summed E-state index contributed by atoms with van der Waals surface area (Å²) in [4.78, 5) is 17.7. The van der Waals surface area contributed by atoms with E-state index in [2.05, 4.69) is 41.5 Å². The molecule has 0 saturated carbocycles. The number of nitrogens with zero attached hydrogens (tertiary/aromatic N) is 5. The molecular formula is C21H32IN7O. The molecule has 0 atom stereocenters. The number of aliphatic imine (C=N–C) groups is 1. The molecule has 1 saturated heterocycles. The number of guanidine groups is 1. The van der Waals surface area contributed by atoms with Crippen LogP contribution in [0.25, 0.3) is 0 Å². The van der Waals surface area contributed by atoms with Crippen molar-refractivity contribution in [2.24, 2.45) is 4.99 Å². The molecule has 0 spiro atoms. The fourth-order valence-electron chi connectivity index (χ4n) is 3.32. The Balaban J connectivity index is 0.00000320. The van der Waals surface area contributed by atoms with E-state index in [4.69, 9.17) is 4.74 Å². The average molecular weight is 525 g/mol. The van der Waals surface area contributed by atoms with E-state index < -0.39 is 0 Å². The van der Waals surface area contributed by atoms with Crippen LogP contribution >= 0.6 is 24.0 Å². The number of nitrogens with one attached hydrogen (secondary N) is 2. The SMILES string of the molecule is CN=C(NCCCN1CCN(c2ncccn2)CC1)NCc1cccc(OC)c1.I. The van der Waals surface area contributed by atoms with E-state index in [1.54, 1.807) is 26.6 Å². The number of hydrogen-bond donors (Lipinski definition) is 2. The van der Waals surface area contributed by atoms with Gasteiger partial charge in [-0.3, -0.25) is 9.89 Å². The topological polar surface area (TPSA) is 77.9 Å². The first-order chi connectivity index (χ1) is 14.3. The highest BCUT2D eigenvalue weighted by atomic mass is 127. The number of rotatable bonds is 8. The summed E-state index contributed by atoms with van der Waals surface area (Å²) in [6, 6.07) is 9.90. The first kappa shape index (κ1) is 24.1. The smallest absolute Gasteiger partial charge is 0.225 e. The normalized spacial score (nSPS) is 14.7. The predicted molar refractivity (Wildman–Crippen MR) is 132 cm³/mol. The number of benzene rings is 1. The van der Waals surface area contributed by atoms with Gasteiger partial charge in [0.2, 0.25) is 5.95 Å². The number of ether oxygens (including phenoxy) is 1. The van der Waals surface area contributed by atoms with Crippen LogP contribution in [0.5, 0.6) is 5.75 Å². The zero-order chi connectivity index (χ0) is 20.3. The summed E-state index contributed by atoms with van der Waals surface area (Å²) in [5.41, 5.74) is 1.16. The molecule has 2 N–H and O–H groups in total. The molecule has 164 valence electrons. The maximum Gasteiger partial charge on any atom is 0.225 e. The van der Waals surface area contributed by atoms with Crippen molar-refractivity contribution in [2.45, 2.75) is 13.0 Å². The van der Waals surface area contributed by atoms with Crippen molar-refractivity contribution in [1.29, 1.82) is 0 Å². The van der Waals surface area contributed by atoms with Gasteiger partial charge in [-0.05, 0) is 36.7 Å². The number of hydrogen-bond acceptors (Lipinski definition) is 6. The molecular weight excluding hydrogens is 493 g/mol. The van der Waals surface area contributed by atoms with Crippen LogP contribution in [0.15, 0.2) is 47.7 Å². The van der Waals surface area contributed by atoms with E-state index >= 15 is 0 Å². The molecule has 1 aromatic carbocycles. The summed E-state index contributed by atoms with van der Waals surface area (Å²) in [6.07, 6.45) is 4.67. The van der Waals surface area contributed by atoms with Gasteiger partial charge >= 0.3 is 0 Å². The molecule has 3 rings (SSSR count). The van der Waals surface area contributed by atoms with Crippen molar-refractivity contribution in [3.63, 3.8) is 0 Å². The van der Waals surface area contributed by atoms with Crippen molar-refractivity contribution in [3.8, 4) is 5.75 Å². The second-order valence-electron chi connectivity index (χ2n) is 6.94. The molecule has 1 aliphatic heterocycles. The Labute approximate surface area is 196 Å². The lowest BCUT2D eigenvalue weighted by Gasteiger charge is -2.34. The maximum atomic E-state index is 5.27. The van der Waals surface area contributed by atoms with Crippen LogP contribution < -0.4 is 20.3 Å². The summed E-state index contributed by atoms with van der Waals surface area (Å²) < 4.78 is 5.27. The summed E-state index contributed by atoms with van der Waals surface area (Å²) in [7, 11) is 3.48. The van der Waals surface area contributed by atoms with Crippen molar-refractivity contribution in [2.75, 3.05) is 58.3 Å². The lowest BCUT2D eigenvalue weighted by atomic mass is 10.2. The van der Waals surface area contributed by atoms with Crippen molar-refractivity contribution < 1.29 is 4.74 Å². The highest BCUT2D eigenvalue weighted by Crippen LogP contribution is 2.12. The minimum absolute atomic E-state index is 0. The first-order valence-corrected chi connectivity index (χ1v) is 10.1. The standard InChI is InChI=1S/C21H31N7O.HI/c1-22-20(26-17-18-6-3-7-19(16-18)29-2)23-10-5-11-27-12-14-28(15-13-27)21-24-8-4-9-25-21;/h3-4,6-9,16H,5,10-15,17H2,1-2H3,(H2,22,23,26);1H. The highest BCUT2D eigenvalue weighted by Gasteiger charge is 2.18. The lowest BCUT2D eigenvalue weighted by molar-refractivity contribution is 0.254. The third-order valence-electron chi connectivity index (χ3n) is 4.97. The first-order valence-electron chi connectivity index (χ1n) is 10.1. The molecule has 2 aromatic rings. The molecule has 0 unspecified atom stereocenters. The second-order valence-corrected chi connectivity index (χ2v) is 6.94. The number of halogens is 1. The summed E-state index contributed by atoms with van der Waals surface area (Å²) >= 11 is 0. The Kier molecular flexibility index (Phi) is 10.6. The Morgan fingerprint density at radius 3 is 2.57 bits per heavy atom. The summed E-state index contributed by atoms with van der Waals surface area (Å²) in [6.45, 7) is 6.70. The molecule has 1 aliphatic rings. The second kappa shape index (κ2) is 13.2. The van der Waals surface area contributed by atoms with Crippen LogP contribution in [0, 0.1) is 0 Å². The van der Waals surface area contributed by atoms with Crippen LogP contribution in [0.2, 0.25) is 0 Å². The molecule has 1 aromatic heterocycles. The van der Waals surface area contributed by atoms with Gasteiger partial charge in [-0.2, -0.15) is 0 Å². The molecule has 8 nitrogen and oxygen atoms in total. The van der Waals surface area contributed by atoms with E-state index in [-0.39, 0.29) is 24.0 Å². The highest BCUT2D eigenvalue weighted by molar-refractivity contribution is 14.0. The Bertz CT molecular complexity index is 767. The van der Waals surface area contributed by atoms with Gasteiger partial charge in [0.05, 0.1) is 7.11 Å². The van der Waals surface area contributed by atoms with Gasteiger partial charge in [0.25, 0.3) is 0 Å². The largest absolute Gasteiger partial charge is 0.497 e. The van der Waals surface area contributed by atoms with Gasteiger partial charge in [0, 0.05) is 58.7 Å². The number of anilines is 1. The van der Waals surface area contributed by atoms with Crippen LogP contribution in [-0.4, -0.2) is 74.3 Å². The van der Waals surface area contributed by atoms with Gasteiger partial charge in [0.1, 0.15) is 5.75 Å². The number of methoxy groups -OCH3 is 1. The third-order valence-corrected chi connectivity index (χ3v) is 4.97. The van der Waals surface area contributed by atoms with Gasteiger partial charge in [-0.15, -0.1) is 24.0 Å². The molecule has 30 heavy (non-hydrogen) atoms. The average Bonchev–Trinajstić information content (AvgIpc) is 2.79. The molecule has 0 bridgehead atoms. The minimum Gasteiger partial charge on any atom is -0.497 e. The predicted octanol–water partition coefficient (Wildman–Crippen LogP) is 1.98. The Hall–Kier alpha value is -2.14. The summed E-state index contributed by atoms with van der Waals surface area (Å²) in [5, 5.41) is 6.74. The van der Waals surface area contributed by atoms with E-state index in [9.17, 15) is 0 Å². The molecule has 9 heteroatoms. The zero-order valence-electron chi connectivity index (χ0n) is 17.8. The molecule has 0 aliphatic carbocycles. The quantitative estimate of drug-likeness (QED) is 0.236. The summed E-state index contributed by atoms with van der Waals surface area (Å²) in [5.74, 6) is 2.52. The Morgan fingerprint density at radius 2 is 1.87 bits per heavy atom. The van der Waals surface area contributed by atoms with Crippen LogP contribution in [0.4, 0.5) is 5.95 Å². The van der Waals surface area contributed by atoms with Crippen molar-refractivity contribution in [3.05, 3.63) is 48.3 Å². The van der Waals surface area contributed by atoms with E-state index in [1.165, 1.54) is 0 Å². The fourth-order valence-corrected chi connectivity index (χ4v) is 3.32. The van der Waals surface area contributed by atoms with E-state index in [0.717, 1.165) is 68.9 Å².